The van der Waals surface area contributed by atoms with Gasteiger partial charge in [-0.3, -0.25) is 0 Å². The molecule has 0 aliphatic heterocycles. The Morgan fingerprint density at radius 3 is 2.74 bits per heavy atom. The topological polar surface area (TPSA) is 66.6 Å². The fourth-order valence-corrected chi connectivity index (χ4v) is 4.21. The summed E-state index contributed by atoms with van der Waals surface area (Å²) in [6.45, 7) is 1.46. The Bertz CT molecular complexity index is 483. The molecular weight excluding hydrogens is 282 g/mol. The van der Waals surface area contributed by atoms with Crippen molar-refractivity contribution in [1.82, 2.24) is 8.61 Å². The van der Waals surface area contributed by atoms with Crippen LogP contribution in [0.25, 0.3) is 0 Å². The minimum atomic E-state index is -3.37. The van der Waals surface area contributed by atoms with Crippen LogP contribution in [0, 0.1) is 0 Å². The van der Waals surface area contributed by atoms with Crippen molar-refractivity contribution in [1.29, 1.82) is 0 Å². The molecule has 1 fully saturated rings. The van der Waals surface area contributed by atoms with Crippen molar-refractivity contribution in [2.45, 2.75) is 31.8 Å². The van der Waals surface area contributed by atoms with Crippen LogP contribution in [-0.2, 0) is 16.8 Å². The molecule has 1 saturated carbocycles. The SMILES string of the molecule is CN(CCCN)S(=O)(=O)N(Cc1ccsc1)C1CC1. The molecule has 0 radical (unpaired) electrons. The van der Waals surface area contributed by atoms with Crippen molar-refractivity contribution in [2.24, 2.45) is 5.73 Å². The zero-order valence-corrected chi connectivity index (χ0v) is 12.8. The molecule has 0 spiro atoms. The molecule has 0 aromatic carbocycles. The van der Waals surface area contributed by atoms with Crippen LogP contribution in [0.3, 0.4) is 0 Å². The fourth-order valence-electron chi connectivity index (χ4n) is 1.93. The van der Waals surface area contributed by atoms with Crippen LogP contribution in [0.5, 0.6) is 0 Å². The summed E-state index contributed by atoms with van der Waals surface area (Å²) in [4.78, 5) is 0. The molecule has 7 heteroatoms. The molecule has 2 N–H and O–H groups in total. The summed E-state index contributed by atoms with van der Waals surface area (Å²) in [5, 5.41) is 3.98. The van der Waals surface area contributed by atoms with Crippen molar-refractivity contribution < 1.29 is 8.42 Å². The average molecular weight is 303 g/mol. The first kappa shape index (κ1) is 14.9. The Kier molecular flexibility index (Phi) is 4.97. The summed E-state index contributed by atoms with van der Waals surface area (Å²) in [6, 6.07) is 2.15. The van der Waals surface area contributed by atoms with Crippen LogP contribution in [0.2, 0.25) is 0 Å². The van der Waals surface area contributed by atoms with Crippen molar-refractivity contribution in [3.8, 4) is 0 Å². The molecule has 19 heavy (non-hydrogen) atoms. The molecular formula is C12H21N3O2S2. The molecule has 2 rings (SSSR count). The quantitative estimate of drug-likeness (QED) is 0.785. The monoisotopic (exact) mass is 303 g/mol. The number of hydrogen-bond acceptors (Lipinski definition) is 4. The van der Waals surface area contributed by atoms with E-state index in [1.54, 1.807) is 22.7 Å². The second kappa shape index (κ2) is 6.32. The van der Waals surface area contributed by atoms with Crippen LogP contribution in [0.4, 0.5) is 0 Å². The Balaban J connectivity index is 2.09. The summed E-state index contributed by atoms with van der Waals surface area (Å²) >= 11 is 1.59. The third kappa shape index (κ3) is 3.76. The van der Waals surface area contributed by atoms with E-state index in [0.717, 1.165) is 18.4 Å². The van der Waals surface area contributed by atoms with Crippen LogP contribution in [-0.4, -0.2) is 43.2 Å². The minimum absolute atomic E-state index is 0.172. The summed E-state index contributed by atoms with van der Waals surface area (Å²) in [6.07, 6.45) is 2.62. The van der Waals surface area contributed by atoms with Crippen molar-refractivity contribution >= 4 is 21.5 Å². The normalized spacial score (nSPS) is 16.4. The first-order chi connectivity index (χ1) is 9.05. The van der Waals surface area contributed by atoms with Gasteiger partial charge < -0.3 is 5.73 Å². The first-order valence-corrected chi connectivity index (χ1v) is 8.84. The molecule has 0 saturated heterocycles. The van der Waals surface area contributed by atoms with Gasteiger partial charge in [0.05, 0.1) is 0 Å². The van der Waals surface area contributed by atoms with E-state index in [2.05, 4.69) is 0 Å². The van der Waals surface area contributed by atoms with Gasteiger partial charge in [0.25, 0.3) is 10.2 Å². The summed E-state index contributed by atoms with van der Waals surface area (Å²) < 4.78 is 28.2. The van der Waals surface area contributed by atoms with Gasteiger partial charge >= 0.3 is 0 Å². The molecule has 1 aromatic heterocycles. The summed E-state index contributed by atoms with van der Waals surface area (Å²) in [5.41, 5.74) is 6.51. The summed E-state index contributed by atoms with van der Waals surface area (Å²) in [5.74, 6) is 0. The highest BCUT2D eigenvalue weighted by Crippen LogP contribution is 2.32. The molecule has 0 amide bonds. The lowest BCUT2D eigenvalue weighted by molar-refractivity contribution is 0.347. The van der Waals surface area contributed by atoms with Gasteiger partial charge in [0.2, 0.25) is 0 Å². The van der Waals surface area contributed by atoms with Crippen molar-refractivity contribution in [3.05, 3.63) is 22.4 Å². The molecule has 0 bridgehead atoms. The molecule has 1 aliphatic rings. The van der Waals surface area contributed by atoms with Gasteiger partial charge in [-0.15, -0.1) is 0 Å². The van der Waals surface area contributed by atoms with Gasteiger partial charge in [-0.1, -0.05) is 0 Å². The molecule has 5 nitrogen and oxygen atoms in total. The molecule has 1 heterocycles. The lowest BCUT2D eigenvalue weighted by Gasteiger charge is -2.27. The van der Waals surface area contributed by atoms with Crippen LogP contribution >= 0.6 is 11.3 Å². The van der Waals surface area contributed by atoms with Gasteiger partial charge in [-0.2, -0.15) is 28.4 Å². The molecule has 1 aromatic rings. The maximum atomic E-state index is 12.6. The van der Waals surface area contributed by atoms with E-state index in [1.807, 2.05) is 16.8 Å². The van der Waals surface area contributed by atoms with Gasteiger partial charge in [0, 0.05) is 26.2 Å². The second-order valence-corrected chi connectivity index (χ2v) is 7.65. The van der Waals surface area contributed by atoms with Gasteiger partial charge in [0.1, 0.15) is 0 Å². The van der Waals surface area contributed by atoms with Crippen molar-refractivity contribution in [2.75, 3.05) is 20.1 Å². The van der Waals surface area contributed by atoms with Gasteiger partial charge in [-0.25, -0.2) is 0 Å². The van der Waals surface area contributed by atoms with Crippen LogP contribution in [0.15, 0.2) is 16.8 Å². The minimum Gasteiger partial charge on any atom is -0.330 e. The van der Waals surface area contributed by atoms with Crippen molar-refractivity contribution in [3.63, 3.8) is 0 Å². The molecule has 0 atom stereocenters. The highest BCUT2D eigenvalue weighted by Gasteiger charge is 2.39. The Labute approximate surface area is 119 Å². The van der Waals surface area contributed by atoms with E-state index in [4.69, 9.17) is 5.73 Å². The number of nitrogens with zero attached hydrogens (tertiary/aromatic N) is 2. The van der Waals surface area contributed by atoms with E-state index < -0.39 is 10.2 Å². The predicted molar refractivity (Wildman–Crippen MR) is 78.1 cm³/mol. The predicted octanol–water partition coefficient (Wildman–Crippen LogP) is 1.24. The van der Waals surface area contributed by atoms with Crippen LogP contribution in [0.1, 0.15) is 24.8 Å². The maximum Gasteiger partial charge on any atom is 0.282 e. The fraction of sp³-hybridized carbons (Fsp3) is 0.667. The highest BCUT2D eigenvalue weighted by atomic mass is 32.2. The first-order valence-electron chi connectivity index (χ1n) is 6.50. The smallest absolute Gasteiger partial charge is 0.282 e. The Hall–Kier alpha value is -0.470. The third-order valence-electron chi connectivity index (χ3n) is 3.24. The number of hydrogen-bond donors (Lipinski definition) is 1. The number of thiophene rings is 1. The zero-order chi connectivity index (χ0) is 13.9. The van der Waals surface area contributed by atoms with E-state index >= 15 is 0 Å². The Morgan fingerprint density at radius 2 is 2.21 bits per heavy atom. The number of nitrogens with two attached hydrogens (primary N) is 1. The highest BCUT2D eigenvalue weighted by molar-refractivity contribution is 7.86. The molecule has 1 aliphatic carbocycles. The van der Waals surface area contributed by atoms with Gasteiger partial charge in [0.15, 0.2) is 0 Å². The lowest BCUT2D eigenvalue weighted by atomic mass is 10.3. The van der Waals surface area contributed by atoms with Gasteiger partial charge in [-0.05, 0) is 48.2 Å². The maximum absolute atomic E-state index is 12.6. The standard InChI is InChI=1S/C12H21N3O2S2/c1-14(7-2-6-13)19(16,17)15(12-3-4-12)9-11-5-8-18-10-11/h5,8,10,12H,2-4,6-7,9,13H2,1H3. The average Bonchev–Trinajstić information content (AvgIpc) is 3.09. The van der Waals surface area contributed by atoms with E-state index in [-0.39, 0.29) is 6.04 Å². The lowest BCUT2D eigenvalue weighted by Crippen LogP contribution is -2.43. The molecule has 0 unspecified atom stereocenters. The number of rotatable bonds is 8. The molecule has 108 valence electrons. The van der Waals surface area contributed by atoms with Crippen LogP contribution < -0.4 is 5.73 Å². The largest absolute Gasteiger partial charge is 0.330 e. The van der Waals surface area contributed by atoms with E-state index in [0.29, 0.717) is 26.1 Å². The third-order valence-corrected chi connectivity index (χ3v) is 5.96. The van der Waals surface area contributed by atoms with E-state index in [9.17, 15) is 8.42 Å². The van der Waals surface area contributed by atoms with E-state index in [1.165, 1.54) is 4.31 Å². The zero-order valence-electron chi connectivity index (χ0n) is 11.2. The second-order valence-electron chi connectivity index (χ2n) is 4.88. The summed E-state index contributed by atoms with van der Waals surface area (Å²) in [7, 11) is -1.74. The Morgan fingerprint density at radius 1 is 1.47 bits per heavy atom.